The van der Waals surface area contributed by atoms with E-state index in [9.17, 15) is 18.0 Å². The number of hydrogen-bond donors (Lipinski definition) is 0. The predicted octanol–water partition coefficient (Wildman–Crippen LogP) is 3.95. The Morgan fingerprint density at radius 3 is 2.85 bits per heavy atom. The highest BCUT2D eigenvalue weighted by molar-refractivity contribution is 5.91. The summed E-state index contributed by atoms with van der Waals surface area (Å²) < 4.78 is 45.2. The zero-order chi connectivity index (χ0) is 18.1. The van der Waals surface area contributed by atoms with Crippen molar-refractivity contribution in [3.63, 3.8) is 0 Å². The molecule has 6 heteroatoms. The molecule has 0 amide bonds. The molecule has 4 aliphatic rings. The topological polar surface area (TPSA) is 29.5 Å². The van der Waals surface area contributed by atoms with Crippen molar-refractivity contribution in [1.29, 1.82) is 0 Å². The first-order valence-electron chi connectivity index (χ1n) is 8.99. The van der Waals surface area contributed by atoms with Crippen LogP contribution >= 0.6 is 0 Å². The molecule has 5 rings (SSSR count). The zero-order valence-electron chi connectivity index (χ0n) is 14.1. The van der Waals surface area contributed by atoms with Crippen LogP contribution in [-0.2, 0) is 15.7 Å². The molecule has 3 aliphatic heterocycles. The summed E-state index contributed by atoms with van der Waals surface area (Å²) in [5.74, 6) is -0.340. The SMILES string of the molecule is O=C1C=C2C=C(c3cccc(C(F)(F)F)c3)[C@@H]3C[C@@]2(O1)[C@H]1CCCCN31. The number of halogens is 3. The largest absolute Gasteiger partial charge is 0.449 e. The fourth-order valence-electron chi connectivity index (χ4n) is 5.17. The van der Waals surface area contributed by atoms with Crippen molar-refractivity contribution in [2.45, 2.75) is 49.5 Å². The van der Waals surface area contributed by atoms with Crippen LogP contribution in [0.1, 0.15) is 36.8 Å². The minimum absolute atomic E-state index is 0.00756. The van der Waals surface area contributed by atoms with Crippen molar-refractivity contribution in [3.05, 3.63) is 53.1 Å². The van der Waals surface area contributed by atoms with Gasteiger partial charge >= 0.3 is 12.1 Å². The number of rotatable bonds is 1. The normalized spacial score (nSPS) is 33.3. The van der Waals surface area contributed by atoms with Crippen LogP contribution < -0.4 is 0 Å². The summed E-state index contributed by atoms with van der Waals surface area (Å²) in [7, 11) is 0. The Morgan fingerprint density at radius 2 is 2.04 bits per heavy atom. The summed E-state index contributed by atoms with van der Waals surface area (Å²) in [5, 5.41) is 0. The molecule has 0 unspecified atom stereocenters. The number of benzene rings is 1. The molecule has 0 radical (unpaired) electrons. The first-order valence-corrected chi connectivity index (χ1v) is 8.99. The van der Waals surface area contributed by atoms with E-state index in [2.05, 4.69) is 4.90 Å². The minimum Gasteiger partial charge on any atom is -0.449 e. The van der Waals surface area contributed by atoms with Gasteiger partial charge in [-0.05, 0) is 48.7 Å². The molecule has 2 saturated heterocycles. The van der Waals surface area contributed by atoms with E-state index >= 15 is 0 Å². The summed E-state index contributed by atoms with van der Waals surface area (Å²) >= 11 is 0. The number of ether oxygens (including phenoxy) is 1. The van der Waals surface area contributed by atoms with Crippen molar-refractivity contribution >= 4 is 11.5 Å². The van der Waals surface area contributed by atoms with Gasteiger partial charge in [-0.15, -0.1) is 0 Å². The number of carbonyl (C=O) groups excluding carboxylic acids is 1. The summed E-state index contributed by atoms with van der Waals surface area (Å²) in [5.41, 5.74) is 1.01. The summed E-state index contributed by atoms with van der Waals surface area (Å²) in [4.78, 5) is 14.3. The Kier molecular flexibility index (Phi) is 3.24. The quantitative estimate of drug-likeness (QED) is 0.710. The fraction of sp³-hybridized carbons (Fsp3) is 0.450. The maximum atomic E-state index is 13.2. The number of carbonyl (C=O) groups is 1. The average molecular weight is 361 g/mol. The smallest absolute Gasteiger partial charge is 0.416 e. The molecule has 2 bridgehead atoms. The first kappa shape index (κ1) is 16.1. The van der Waals surface area contributed by atoms with Crippen LogP contribution in [-0.4, -0.2) is 35.1 Å². The molecule has 1 aliphatic carbocycles. The number of esters is 1. The summed E-state index contributed by atoms with van der Waals surface area (Å²) in [6.45, 7) is 0.887. The van der Waals surface area contributed by atoms with Gasteiger partial charge in [-0.25, -0.2) is 4.79 Å². The van der Waals surface area contributed by atoms with E-state index in [0.29, 0.717) is 12.0 Å². The van der Waals surface area contributed by atoms with Gasteiger partial charge < -0.3 is 4.74 Å². The van der Waals surface area contributed by atoms with Crippen molar-refractivity contribution in [3.8, 4) is 0 Å². The van der Waals surface area contributed by atoms with Crippen molar-refractivity contribution < 1.29 is 22.7 Å². The molecule has 1 aromatic carbocycles. The average Bonchev–Trinajstić information content (AvgIpc) is 3.09. The molecule has 0 saturated carbocycles. The lowest BCUT2D eigenvalue weighted by molar-refractivity contribution is -0.148. The van der Waals surface area contributed by atoms with Gasteiger partial charge in [-0.3, -0.25) is 4.90 Å². The highest BCUT2D eigenvalue weighted by Crippen LogP contribution is 2.55. The molecule has 2 fully saturated rings. The number of alkyl halides is 3. The van der Waals surface area contributed by atoms with Crippen molar-refractivity contribution in [2.24, 2.45) is 0 Å². The van der Waals surface area contributed by atoms with E-state index in [4.69, 9.17) is 4.74 Å². The van der Waals surface area contributed by atoms with E-state index in [-0.39, 0.29) is 18.1 Å². The molecular weight excluding hydrogens is 343 g/mol. The van der Waals surface area contributed by atoms with Crippen LogP contribution in [0.3, 0.4) is 0 Å². The van der Waals surface area contributed by atoms with Crippen LogP contribution in [0.2, 0.25) is 0 Å². The fourth-order valence-corrected chi connectivity index (χ4v) is 5.17. The van der Waals surface area contributed by atoms with E-state index in [0.717, 1.165) is 43.0 Å². The Morgan fingerprint density at radius 1 is 1.19 bits per heavy atom. The third-order valence-corrected chi connectivity index (χ3v) is 6.22. The minimum atomic E-state index is -4.37. The maximum absolute atomic E-state index is 13.2. The molecule has 136 valence electrons. The Hall–Kier alpha value is -2.08. The summed E-state index contributed by atoms with van der Waals surface area (Å²) in [6.07, 6.45) is 2.77. The number of hydrogen-bond acceptors (Lipinski definition) is 3. The van der Waals surface area contributed by atoms with Crippen LogP contribution in [0.5, 0.6) is 0 Å². The highest BCUT2D eigenvalue weighted by atomic mass is 19.4. The maximum Gasteiger partial charge on any atom is 0.416 e. The van der Waals surface area contributed by atoms with Gasteiger partial charge in [0.25, 0.3) is 0 Å². The molecule has 3 heterocycles. The van der Waals surface area contributed by atoms with Crippen LogP contribution in [0, 0.1) is 0 Å². The van der Waals surface area contributed by atoms with Crippen LogP contribution in [0.4, 0.5) is 13.2 Å². The molecule has 3 atom stereocenters. The lowest BCUT2D eigenvalue weighted by atomic mass is 9.77. The molecule has 0 aromatic heterocycles. The number of piperidine rings is 1. The van der Waals surface area contributed by atoms with Gasteiger partial charge in [0, 0.05) is 24.1 Å². The van der Waals surface area contributed by atoms with E-state index in [1.54, 1.807) is 6.07 Å². The summed E-state index contributed by atoms with van der Waals surface area (Å²) in [6, 6.07) is 5.61. The lowest BCUT2D eigenvalue weighted by Crippen LogP contribution is -2.48. The van der Waals surface area contributed by atoms with Crippen LogP contribution in [0.15, 0.2) is 42.0 Å². The van der Waals surface area contributed by atoms with Gasteiger partial charge in [0.2, 0.25) is 0 Å². The number of fused-ring (bicyclic) bond motifs is 3. The van der Waals surface area contributed by atoms with Gasteiger partial charge in [-0.1, -0.05) is 18.6 Å². The highest BCUT2D eigenvalue weighted by Gasteiger charge is 2.61. The zero-order valence-corrected chi connectivity index (χ0v) is 14.1. The lowest BCUT2D eigenvalue weighted by Gasteiger charge is -2.37. The van der Waals surface area contributed by atoms with Crippen LogP contribution in [0.25, 0.3) is 5.57 Å². The van der Waals surface area contributed by atoms with Crippen molar-refractivity contribution in [2.75, 3.05) is 6.54 Å². The molecule has 1 aromatic rings. The van der Waals surface area contributed by atoms with Gasteiger partial charge in [0.15, 0.2) is 5.60 Å². The van der Waals surface area contributed by atoms with Gasteiger partial charge in [0.1, 0.15) is 0 Å². The molecule has 1 spiro atoms. The Balaban J connectivity index is 1.63. The first-order chi connectivity index (χ1) is 12.4. The van der Waals surface area contributed by atoms with Crippen molar-refractivity contribution in [1.82, 2.24) is 4.90 Å². The molecular formula is C20H18F3NO2. The number of nitrogens with zero attached hydrogens (tertiary/aromatic N) is 1. The van der Waals surface area contributed by atoms with E-state index in [1.807, 2.05) is 6.08 Å². The predicted molar refractivity (Wildman–Crippen MR) is 89.1 cm³/mol. The third-order valence-electron chi connectivity index (χ3n) is 6.22. The Labute approximate surface area is 149 Å². The monoisotopic (exact) mass is 361 g/mol. The second kappa shape index (κ2) is 5.22. The second-order valence-electron chi connectivity index (χ2n) is 7.56. The van der Waals surface area contributed by atoms with E-state index in [1.165, 1.54) is 18.2 Å². The second-order valence-corrected chi connectivity index (χ2v) is 7.56. The standard InChI is InChI=1S/C20H18F3NO2/c21-20(22,23)13-5-3-4-12(8-13)15-9-14-10-18(25)26-19(14)11-16(15)24-7-2-1-6-17(19)24/h3-5,8-10,16-17H,1-2,6-7,11H2/t16-,17+,19-/m0/s1. The molecule has 0 N–H and O–H groups in total. The molecule has 26 heavy (non-hydrogen) atoms. The third kappa shape index (κ3) is 2.14. The Bertz CT molecular complexity index is 857. The van der Waals surface area contributed by atoms with Gasteiger partial charge in [-0.2, -0.15) is 13.2 Å². The van der Waals surface area contributed by atoms with E-state index < -0.39 is 17.3 Å². The van der Waals surface area contributed by atoms with Gasteiger partial charge in [0.05, 0.1) is 11.6 Å². The molecule has 3 nitrogen and oxygen atoms in total.